The number of hydrogen-bond donors (Lipinski definition) is 3. The van der Waals surface area contributed by atoms with Gasteiger partial charge in [0.05, 0.1) is 18.7 Å². The van der Waals surface area contributed by atoms with E-state index < -0.39 is 5.97 Å². The summed E-state index contributed by atoms with van der Waals surface area (Å²) in [4.78, 5) is 23.8. The van der Waals surface area contributed by atoms with Crippen molar-refractivity contribution >= 4 is 12.0 Å². The van der Waals surface area contributed by atoms with E-state index in [2.05, 4.69) is 61.0 Å². The zero-order chi connectivity index (χ0) is 19.1. The van der Waals surface area contributed by atoms with Crippen LogP contribution < -0.4 is 16.0 Å². The van der Waals surface area contributed by atoms with Crippen molar-refractivity contribution in [2.75, 3.05) is 19.7 Å². The number of amides is 2. The van der Waals surface area contributed by atoms with Gasteiger partial charge in [0.1, 0.15) is 0 Å². The Hall–Kier alpha value is -2.34. The standard InChI is InChI=1S/C20H29N3O3/c1-5-14-7-9-15(10-8-14)18(13(3)4)21-12-17-16(19(24)26-6-2)11-22-20(25)23-17/h7-10,13,18,21H,5-6,11-12H2,1-4H3,(H2,22,23,25)/t18-/m0/s1. The number of esters is 1. The molecule has 6 heteroatoms. The Labute approximate surface area is 155 Å². The van der Waals surface area contributed by atoms with Crippen LogP contribution >= 0.6 is 0 Å². The zero-order valence-electron chi connectivity index (χ0n) is 16.0. The topological polar surface area (TPSA) is 79.5 Å². The van der Waals surface area contributed by atoms with Gasteiger partial charge in [-0.3, -0.25) is 0 Å². The van der Waals surface area contributed by atoms with Crippen LogP contribution in [0.2, 0.25) is 0 Å². The van der Waals surface area contributed by atoms with Crippen molar-refractivity contribution in [1.82, 2.24) is 16.0 Å². The summed E-state index contributed by atoms with van der Waals surface area (Å²) in [6, 6.07) is 8.37. The first-order chi connectivity index (χ1) is 12.5. The highest BCUT2D eigenvalue weighted by Gasteiger charge is 2.24. The van der Waals surface area contributed by atoms with Gasteiger partial charge in [0.15, 0.2) is 0 Å². The number of urea groups is 1. The molecule has 0 unspecified atom stereocenters. The first-order valence-electron chi connectivity index (χ1n) is 9.22. The Bertz CT molecular complexity index is 665. The molecule has 0 spiro atoms. The number of nitrogens with one attached hydrogen (secondary N) is 3. The lowest BCUT2D eigenvalue weighted by Crippen LogP contribution is -2.46. The van der Waals surface area contributed by atoms with Gasteiger partial charge in [-0.25, -0.2) is 9.59 Å². The van der Waals surface area contributed by atoms with Gasteiger partial charge in [0.25, 0.3) is 0 Å². The maximum Gasteiger partial charge on any atom is 0.337 e. The van der Waals surface area contributed by atoms with E-state index in [1.54, 1.807) is 6.92 Å². The van der Waals surface area contributed by atoms with Crippen LogP contribution in [0, 0.1) is 5.92 Å². The van der Waals surface area contributed by atoms with Crippen LogP contribution in [-0.4, -0.2) is 31.7 Å². The number of carbonyl (C=O) groups excluding carboxylic acids is 2. The first kappa shape index (κ1) is 20.0. The molecule has 142 valence electrons. The maximum atomic E-state index is 12.1. The summed E-state index contributed by atoms with van der Waals surface area (Å²) in [6.45, 7) is 9.06. The molecule has 1 aliphatic heterocycles. The second-order valence-electron chi connectivity index (χ2n) is 6.68. The van der Waals surface area contributed by atoms with Crippen molar-refractivity contribution in [3.8, 4) is 0 Å². The third-order valence-corrected chi connectivity index (χ3v) is 4.49. The highest BCUT2D eigenvalue weighted by atomic mass is 16.5. The largest absolute Gasteiger partial charge is 0.463 e. The van der Waals surface area contributed by atoms with Gasteiger partial charge < -0.3 is 20.7 Å². The van der Waals surface area contributed by atoms with Crippen molar-refractivity contribution in [1.29, 1.82) is 0 Å². The fourth-order valence-electron chi connectivity index (χ4n) is 3.01. The Morgan fingerprint density at radius 2 is 1.92 bits per heavy atom. The molecule has 2 amide bonds. The van der Waals surface area contributed by atoms with Crippen LogP contribution in [0.25, 0.3) is 0 Å². The highest BCUT2D eigenvalue weighted by Crippen LogP contribution is 2.23. The van der Waals surface area contributed by atoms with Crippen molar-refractivity contribution in [3.63, 3.8) is 0 Å². The van der Waals surface area contributed by atoms with Crippen LogP contribution in [-0.2, 0) is 16.0 Å². The molecule has 1 aromatic carbocycles. The number of benzene rings is 1. The summed E-state index contributed by atoms with van der Waals surface area (Å²) < 4.78 is 5.10. The molecule has 0 radical (unpaired) electrons. The number of ether oxygens (including phenoxy) is 1. The Morgan fingerprint density at radius 3 is 2.50 bits per heavy atom. The normalized spacial score (nSPS) is 15.5. The molecular weight excluding hydrogens is 330 g/mol. The minimum absolute atomic E-state index is 0.114. The fourth-order valence-corrected chi connectivity index (χ4v) is 3.01. The van der Waals surface area contributed by atoms with Crippen molar-refractivity contribution in [3.05, 3.63) is 46.7 Å². The molecule has 1 aliphatic rings. The molecule has 0 aliphatic carbocycles. The lowest BCUT2D eigenvalue weighted by molar-refractivity contribution is -0.138. The van der Waals surface area contributed by atoms with Gasteiger partial charge in [-0.15, -0.1) is 0 Å². The molecule has 0 saturated heterocycles. The molecule has 3 N–H and O–H groups in total. The Morgan fingerprint density at radius 1 is 1.23 bits per heavy atom. The predicted octanol–water partition coefficient (Wildman–Crippen LogP) is 2.67. The monoisotopic (exact) mass is 359 g/mol. The summed E-state index contributed by atoms with van der Waals surface area (Å²) in [5.74, 6) is -0.0447. The molecule has 26 heavy (non-hydrogen) atoms. The van der Waals surface area contributed by atoms with Gasteiger partial charge >= 0.3 is 12.0 Å². The van der Waals surface area contributed by atoms with E-state index in [0.717, 1.165) is 6.42 Å². The minimum Gasteiger partial charge on any atom is -0.463 e. The molecule has 6 nitrogen and oxygen atoms in total. The quantitative estimate of drug-likeness (QED) is 0.624. The molecule has 0 aromatic heterocycles. The second-order valence-corrected chi connectivity index (χ2v) is 6.68. The van der Waals surface area contributed by atoms with E-state index in [0.29, 0.717) is 30.3 Å². The van der Waals surface area contributed by atoms with E-state index in [1.807, 2.05) is 0 Å². The van der Waals surface area contributed by atoms with Gasteiger partial charge in [-0.05, 0) is 30.4 Å². The van der Waals surface area contributed by atoms with Crippen molar-refractivity contribution in [2.24, 2.45) is 5.92 Å². The predicted molar refractivity (Wildman–Crippen MR) is 102 cm³/mol. The Kier molecular flexibility index (Phi) is 7.21. The third kappa shape index (κ3) is 5.08. The molecule has 1 aromatic rings. The number of hydrogen-bond acceptors (Lipinski definition) is 4. The molecule has 0 fully saturated rings. The summed E-state index contributed by atoms with van der Waals surface area (Å²) in [7, 11) is 0. The first-order valence-corrected chi connectivity index (χ1v) is 9.22. The van der Waals surface area contributed by atoms with Gasteiger partial charge in [-0.1, -0.05) is 45.0 Å². The lowest BCUT2D eigenvalue weighted by Gasteiger charge is -2.27. The average Bonchev–Trinajstić information content (AvgIpc) is 2.62. The summed E-state index contributed by atoms with van der Waals surface area (Å²) in [5.41, 5.74) is 3.52. The van der Waals surface area contributed by atoms with Crippen molar-refractivity contribution < 1.29 is 14.3 Å². The minimum atomic E-state index is -0.398. The summed E-state index contributed by atoms with van der Waals surface area (Å²) >= 11 is 0. The third-order valence-electron chi connectivity index (χ3n) is 4.49. The molecule has 0 bridgehead atoms. The number of carbonyl (C=O) groups is 2. The SMILES string of the molecule is CCOC(=O)C1=C(CN[C@H](c2ccc(CC)cc2)C(C)C)NC(=O)NC1. The highest BCUT2D eigenvalue weighted by molar-refractivity contribution is 5.93. The second kappa shape index (κ2) is 9.38. The maximum absolute atomic E-state index is 12.1. The van der Waals surface area contributed by atoms with E-state index in [4.69, 9.17) is 4.74 Å². The molecular formula is C20H29N3O3. The number of rotatable bonds is 8. The van der Waals surface area contributed by atoms with Crippen LogP contribution in [0.4, 0.5) is 4.79 Å². The average molecular weight is 359 g/mol. The molecule has 0 saturated carbocycles. The smallest absolute Gasteiger partial charge is 0.337 e. The van der Waals surface area contributed by atoms with E-state index >= 15 is 0 Å². The van der Waals surface area contributed by atoms with Crippen LogP contribution in [0.15, 0.2) is 35.5 Å². The van der Waals surface area contributed by atoms with Crippen LogP contribution in [0.5, 0.6) is 0 Å². The van der Waals surface area contributed by atoms with Crippen LogP contribution in [0.1, 0.15) is 44.9 Å². The van der Waals surface area contributed by atoms with Crippen LogP contribution in [0.3, 0.4) is 0 Å². The molecule has 1 atom stereocenters. The van der Waals surface area contributed by atoms with Gasteiger partial charge in [0.2, 0.25) is 0 Å². The van der Waals surface area contributed by atoms with Crippen molar-refractivity contribution in [2.45, 2.75) is 40.2 Å². The summed E-state index contributed by atoms with van der Waals surface area (Å²) in [5, 5.41) is 8.84. The van der Waals surface area contributed by atoms with Gasteiger partial charge in [-0.2, -0.15) is 0 Å². The Balaban J connectivity index is 2.16. The van der Waals surface area contributed by atoms with E-state index in [-0.39, 0.29) is 18.6 Å². The summed E-state index contributed by atoms with van der Waals surface area (Å²) in [6.07, 6.45) is 1.01. The molecule has 2 rings (SSSR count). The van der Waals surface area contributed by atoms with E-state index in [1.165, 1.54) is 11.1 Å². The number of aryl methyl sites for hydroxylation is 1. The lowest BCUT2D eigenvalue weighted by atomic mass is 9.94. The zero-order valence-corrected chi connectivity index (χ0v) is 16.0. The van der Waals surface area contributed by atoms with Gasteiger partial charge in [0, 0.05) is 18.3 Å². The van der Waals surface area contributed by atoms with E-state index in [9.17, 15) is 9.59 Å². The molecule has 1 heterocycles. The fraction of sp³-hybridized carbons (Fsp3) is 0.500.